The first-order chi connectivity index (χ1) is 8.06. The molecule has 4 heteroatoms. The predicted octanol–water partition coefficient (Wildman–Crippen LogP) is 4.08. The second-order valence-electron chi connectivity index (χ2n) is 4.63. The third kappa shape index (κ3) is 3.32. The van der Waals surface area contributed by atoms with Crippen LogP contribution in [-0.2, 0) is 0 Å². The van der Waals surface area contributed by atoms with Crippen LogP contribution in [0.1, 0.15) is 30.1 Å². The van der Waals surface area contributed by atoms with Crippen LogP contribution in [-0.4, -0.2) is 23.9 Å². The van der Waals surface area contributed by atoms with Crippen LogP contribution in [0.25, 0.3) is 0 Å². The second-order valence-corrected chi connectivity index (χ2v) is 6.46. The molecule has 1 amide bonds. The van der Waals surface area contributed by atoms with Crippen LogP contribution < -0.4 is 0 Å². The maximum absolute atomic E-state index is 12.3. The zero-order valence-electron chi connectivity index (χ0n) is 9.75. The Morgan fingerprint density at radius 2 is 1.71 bits per heavy atom. The summed E-state index contributed by atoms with van der Waals surface area (Å²) < 4.78 is 1.86. The van der Waals surface area contributed by atoms with Gasteiger partial charge in [-0.05, 0) is 37.0 Å². The Labute approximate surface area is 119 Å². The van der Waals surface area contributed by atoms with E-state index in [1.54, 1.807) is 0 Å². The van der Waals surface area contributed by atoms with Crippen LogP contribution >= 0.6 is 31.9 Å². The fraction of sp³-hybridized carbons (Fsp3) is 0.462. The number of hydrogen-bond acceptors (Lipinski definition) is 1. The fourth-order valence-electron chi connectivity index (χ4n) is 2.07. The van der Waals surface area contributed by atoms with Gasteiger partial charge in [-0.15, -0.1) is 0 Å². The maximum atomic E-state index is 12.3. The molecule has 2 nitrogen and oxygen atoms in total. The number of piperidine rings is 1. The minimum atomic E-state index is 0.138. The molecule has 1 aliphatic rings. The molecule has 92 valence electrons. The maximum Gasteiger partial charge on any atom is 0.253 e. The zero-order valence-corrected chi connectivity index (χ0v) is 12.9. The molecule has 1 aromatic carbocycles. The summed E-state index contributed by atoms with van der Waals surface area (Å²) in [7, 11) is 0. The smallest absolute Gasteiger partial charge is 0.253 e. The average molecular weight is 361 g/mol. The van der Waals surface area contributed by atoms with Crippen molar-refractivity contribution in [3.63, 3.8) is 0 Å². The van der Waals surface area contributed by atoms with Gasteiger partial charge in [0.05, 0.1) is 0 Å². The minimum Gasteiger partial charge on any atom is -0.339 e. The Hall–Kier alpha value is -0.350. The lowest BCUT2D eigenvalue weighted by atomic mass is 9.98. The monoisotopic (exact) mass is 359 g/mol. The molecule has 0 radical (unpaired) electrons. The van der Waals surface area contributed by atoms with Gasteiger partial charge in [-0.2, -0.15) is 0 Å². The molecule has 0 bridgehead atoms. The van der Waals surface area contributed by atoms with Crippen LogP contribution in [0, 0.1) is 5.92 Å². The zero-order chi connectivity index (χ0) is 12.4. The first-order valence-electron chi connectivity index (χ1n) is 5.81. The Bertz CT molecular complexity index is 405. The molecule has 17 heavy (non-hydrogen) atoms. The number of hydrogen-bond donors (Lipinski definition) is 0. The molecule has 0 aromatic heterocycles. The van der Waals surface area contributed by atoms with E-state index in [9.17, 15) is 4.79 Å². The lowest BCUT2D eigenvalue weighted by Gasteiger charge is -2.30. The quantitative estimate of drug-likeness (QED) is 0.738. The number of carbonyl (C=O) groups excluding carboxylic acids is 1. The molecule has 0 unspecified atom stereocenters. The molecule has 1 aliphatic heterocycles. The highest BCUT2D eigenvalue weighted by atomic mass is 79.9. The van der Waals surface area contributed by atoms with Crippen molar-refractivity contribution in [3.8, 4) is 0 Å². The van der Waals surface area contributed by atoms with Gasteiger partial charge in [-0.1, -0.05) is 38.8 Å². The molecule has 0 atom stereocenters. The van der Waals surface area contributed by atoms with Crippen LogP contribution in [0.3, 0.4) is 0 Å². The normalized spacial score (nSPS) is 17.2. The van der Waals surface area contributed by atoms with E-state index in [4.69, 9.17) is 0 Å². The van der Waals surface area contributed by atoms with Crippen LogP contribution in [0.5, 0.6) is 0 Å². The van der Waals surface area contributed by atoms with Gasteiger partial charge >= 0.3 is 0 Å². The first-order valence-corrected chi connectivity index (χ1v) is 7.40. The van der Waals surface area contributed by atoms with E-state index in [0.717, 1.165) is 46.4 Å². The number of likely N-dealkylation sites (tertiary alicyclic amines) is 1. The summed E-state index contributed by atoms with van der Waals surface area (Å²) in [5, 5.41) is 0. The Balaban J connectivity index is 2.14. The SMILES string of the molecule is CC1CCN(C(=O)c2cc(Br)cc(Br)c2)CC1. The summed E-state index contributed by atoms with van der Waals surface area (Å²) in [5.41, 5.74) is 0.751. The molecule has 0 N–H and O–H groups in total. The van der Waals surface area contributed by atoms with Crippen molar-refractivity contribution in [2.45, 2.75) is 19.8 Å². The van der Waals surface area contributed by atoms with E-state index in [1.165, 1.54) is 0 Å². The number of nitrogens with zero attached hydrogens (tertiary/aromatic N) is 1. The first kappa shape index (κ1) is 13.1. The molecule has 2 rings (SSSR count). The number of benzene rings is 1. The third-order valence-corrected chi connectivity index (χ3v) is 4.10. The van der Waals surface area contributed by atoms with Crippen molar-refractivity contribution in [3.05, 3.63) is 32.7 Å². The Morgan fingerprint density at radius 1 is 1.18 bits per heavy atom. The summed E-state index contributed by atoms with van der Waals surface area (Å²) in [6.45, 7) is 4.01. The molecule has 1 fully saturated rings. The lowest BCUT2D eigenvalue weighted by Crippen LogP contribution is -2.37. The van der Waals surface area contributed by atoms with Gasteiger partial charge in [-0.3, -0.25) is 4.79 Å². The second kappa shape index (κ2) is 5.53. The highest BCUT2D eigenvalue weighted by Gasteiger charge is 2.21. The summed E-state index contributed by atoms with van der Waals surface area (Å²) in [6, 6.07) is 5.70. The molecule has 1 saturated heterocycles. The molecular weight excluding hydrogens is 346 g/mol. The van der Waals surface area contributed by atoms with Gasteiger partial charge in [0, 0.05) is 27.6 Å². The van der Waals surface area contributed by atoms with Crippen molar-refractivity contribution >= 4 is 37.8 Å². The summed E-state index contributed by atoms with van der Waals surface area (Å²) in [5.74, 6) is 0.882. The number of carbonyl (C=O) groups is 1. The van der Waals surface area contributed by atoms with Crippen molar-refractivity contribution in [1.29, 1.82) is 0 Å². The highest BCUT2D eigenvalue weighted by Crippen LogP contribution is 2.23. The number of amides is 1. The van der Waals surface area contributed by atoms with E-state index < -0.39 is 0 Å². The lowest BCUT2D eigenvalue weighted by molar-refractivity contribution is 0.0697. The van der Waals surface area contributed by atoms with E-state index in [0.29, 0.717) is 0 Å². The van der Waals surface area contributed by atoms with Crippen LogP contribution in [0.2, 0.25) is 0 Å². The standard InChI is InChI=1S/C13H15Br2NO/c1-9-2-4-16(5-3-9)13(17)10-6-11(14)8-12(15)7-10/h6-9H,2-5H2,1H3. The summed E-state index contributed by atoms with van der Waals surface area (Å²) >= 11 is 6.83. The van der Waals surface area contributed by atoms with Gasteiger partial charge in [0.15, 0.2) is 0 Å². The van der Waals surface area contributed by atoms with Crippen LogP contribution in [0.15, 0.2) is 27.1 Å². The number of rotatable bonds is 1. The molecule has 0 saturated carbocycles. The van der Waals surface area contributed by atoms with Crippen molar-refractivity contribution in [2.24, 2.45) is 5.92 Å². The van der Waals surface area contributed by atoms with Crippen molar-refractivity contribution < 1.29 is 4.79 Å². The predicted molar refractivity (Wildman–Crippen MR) is 76.1 cm³/mol. The van der Waals surface area contributed by atoms with Gasteiger partial charge in [0.2, 0.25) is 0 Å². The van der Waals surface area contributed by atoms with E-state index in [1.807, 2.05) is 23.1 Å². The van der Waals surface area contributed by atoms with Crippen molar-refractivity contribution in [2.75, 3.05) is 13.1 Å². The van der Waals surface area contributed by atoms with Gasteiger partial charge in [-0.25, -0.2) is 0 Å². The van der Waals surface area contributed by atoms with Gasteiger partial charge in [0.1, 0.15) is 0 Å². The molecule has 0 aliphatic carbocycles. The molecule has 1 heterocycles. The summed E-state index contributed by atoms with van der Waals surface area (Å²) in [6.07, 6.45) is 2.22. The largest absolute Gasteiger partial charge is 0.339 e. The highest BCUT2D eigenvalue weighted by molar-refractivity contribution is 9.11. The van der Waals surface area contributed by atoms with Gasteiger partial charge < -0.3 is 4.90 Å². The van der Waals surface area contributed by atoms with Gasteiger partial charge in [0.25, 0.3) is 5.91 Å². The topological polar surface area (TPSA) is 20.3 Å². The summed E-state index contributed by atoms with van der Waals surface area (Å²) in [4.78, 5) is 14.2. The molecule has 0 spiro atoms. The van der Waals surface area contributed by atoms with E-state index in [2.05, 4.69) is 38.8 Å². The average Bonchev–Trinajstić information content (AvgIpc) is 2.28. The van der Waals surface area contributed by atoms with Crippen molar-refractivity contribution in [1.82, 2.24) is 4.90 Å². The minimum absolute atomic E-state index is 0.138. The van der Waals surface area contributed by atoms with E-state index >= 15 is 0 Å². The Morgan fingerprint density at radius 3 is 2.24 bits per heavy atom. The fourth-order valence-corrected chi connectivity index (χ4v) is 3.37. The third-order valence-electron chi connectivity index (χ3n) is 3.18. The van der Waals surface area contributed by atoms with Crippen LogP contribution in [0.4, 0.5) is 0 Å². The molecule has 1 aromatic rings. The number of halogens is 2. The molecular formula is C13H15Br2NO. The van der Waals surface area contributed by atoms with E-state index in [-0.39, 0.29) is 5.91 Å². The Kier molecular flexibility index (Phi) is 4.26.